The first-order valence-corrected chi connectivity index (χ1v) is 41.3. The summed E-state index contributed by atoms with van der Waals surface area (Å²) in [5.41, 5.74) is 32.5. The Morgan fingerprint density at radius 1 is 0.129 bits per heavy atom. The molecule has 2 nitrogen and oxygen atoms in total. The van der Waals surface area contributed by atoms with Crippen molar-refractivity contribution < 1.29 is 0 Å². The van der Waals surface area contributed by atoms with Crippen LogP contribution in [0.5, 0.6) is 0 Å². The van der Waals surface area contributed by atoms with Crippen molar-refractivity contribution in [3.63, 3.8) is 0 Å². The van der Waals surface area contributed by atoms with E-state index in [1.54, 1.807) is 0 Å². The molecule has 0 aliphatic carbocycles. The Morgan fingerprint density at radius 2 is 0.388 bits per heavy atom. The summed E-state index contributed by atoms with van der Waals surface area (Å²) in [4.78, 5) is 4.75. The fourth-order valence-corrected chi connectivity index (χ4v) is 19.2. The van der Waals surface area contributed by atoms with Gasteiger partial charge in [0, 0.05) is 74.5 Å². The van der Waals surface area contributed by atoms with Crippen LogP contribution < -0.4 is 9.80 Å². The summed E-state index contributed by atoms with van der Waals surface area (Å²) >= 11 is 3.71. The maximum absolute atomic E-state index is 2.38. The molecule has 0 spiro atoms. The molecule has 544 valence electrons. The topological polar surface area (TPSA) is 6.48 Å². The van der Waals surface area contributed by atoms with E-state index >= 15 is 0 Å². The van der Waals surface area contributed by atoms with Crippen LogP contribution in [0.25, 0.3) is 174 Å². The Morgan fingerprint density at radius 3 is 0.793 bits per heavy atom. The van der Waals surface area contributed by atoms with Gasteiger partial charge in [0.1, 0.15) is 0 Å². The third-order valence-electron chi connectivity index (χ3n) is 23.0. The van der Waals surface area contributed by atoms with Crippen molar-refractivity contribution >= 4 is 108 Å². The number of anilines is 6. The molecule has 0 aliphatic heterocycles. The molecule has 21 aromatic rings. The second kappa shape index (κ2) is 30.2. The highest BCUT2D eigenvalue weighted by Gasteiger charge is 2.21. The van der Waals surface area contributed by atoms with Gasteiger partial charge in [-0.25, -0.2) is 0 Å². The Hall–Kier alpha value is -14.5. The molecule has 0 radical (unpaired) electrons. The van der Waals surface area contributed by atoms with Crippen LogP contribution in [0.1, 0.15) is 0 Å². The fraction of sp³-hybridized carbons (Fsp3) is 0. The largest absolute Gasteiger partial charge is 0.311 e. The maximum Gasteiger partial charge on any atom is 0.0462 e. The smallest absolute Gasteiger partial charge is 0.0462 e. The lowest BCUT2D eigenvalue weighted by atomic mass is 9.90. The van der Waals surface area contributed by atoms with Gasteiger partial charge in [-0.1, -0.05) is 322 Å². The van der Waals surface area contributed by atoms with Crippen LogP contribution in [-0.4, -0.2) is 0 Å². The van der Waals surface area contributed by atoms with Gasteiger partial charge in [-0.2, -0.15) is 0 Å². The van der Waals surface area contributed by atoms with Crippen molar-refractivity contribution in [1.29, 1.82) is 0 Å². The predicted octanol–water partition coefficient (Wildman–Crippen LogP) is 32.9. The zero-order valence-corrected chi connectivity index (χ0v) is 65.1. The summed E-state index contributed by atoms with van der Waals surface area (Å²) in [6.07, 6.45) is 0. The summed E-state index contributed by atoms with van der Waals surface area (Å²) in [7, 11) is 0. The van der Waals surface area contributed by atoms with Crippen molar-refractivity contribution in [3.05, 3.63) is 449 Å². The molecule has 0 saturated carbocycles. The van der Waals surface area contributed by atoms with E-state index in [-0.39, 0.29) is 0 Å². The number of hydrogen-bond donors (Lipinski definition) is 0. The van der Waals surface area contributed by atoms with Crippen LogP contribution in [0.3, 0.4) is 0 Å². The van der Waals surface area contributed by atoms with Gasteiger partial charge >= 0.3 is 0 Å². The number of hydrogen-bond acceptors (Lipinski definition) is 4. The van der Waals surface area contributed by atoms with Crippen molar-refractivity contribution in [3.8, 4) is 122 Å². The monoisotopic (exact) mass is 1510 g/mol. The summed E-state index contributed by atoms with van der Waals surface area (Å²) in [5.74, 6) is 0. The Labute approximate surface area is 683 Å². The second-order valence-electron chi connectivity index (χ2n) is 29.9. The molecule has 0 amide bonds. The number of fused-ring (bicyclic) bond motifs is 7. The molecule has 0 N–H and O–H groups in total. The number of thiophene rings is 2. The normalized spacial score (nSPS) is 11.4. The molecule has 0 saturated heterocycles. The summed E-state index contributed by atoms with van der Waals surface area (Å²) < 4.78 is 5.25. The average Bonchev–Trinajstić information content (AvgIpc) is 1.55. The Kier molecular flexibility index (Phi) is 18.1. The summed E-state index contributed by atoms with van der Waals surface area (Å²) in [6.45, 7) is 0. The molecular formula is C112H74N2S2. The SMILES string of the molecule is c1ccc(-c2ccc(N(c3ccc(-c4ccc(-c5ccccc5)c(-c5ccc(-c6ccc7c(-c8ccc(N(c9ccc(-c%10ccc(-c%11ccccc%11)c(-c%11ccccc%11)c%10)cc9)c9ccc(-c%10ccc%11sc%12ccccc%12c%11c%10)cc9)cc8)cccc7c6)cc5)c4)cc3)c3ccc(-c4ccc5sc6ccccc6c5c4)cc3)cc2)cc1. The first-order valence-electron chi connectivity index (χ1n) is 39.6. The van der Waals surface area contributed by atoms with Crippen molar-refractivity contribution in [2.45, 2.75) is 0 Å². The number of benzene rings is 19. The van der Waals surface area contributed by atoms with Gasteiger partial charge in [0.05, 0.1) is 0 Å². The molecule has 0 bridgehead atoms. The van der Waals surface area contributed by atoms with E-state index in [1.807, 2.05) is 22.7 Å². The van der Waals surface area contributed by atoms with Crippen molar-refractivity contribution in [2.75, 3.05) is 9.80 Å². The van der Waals surface area contributed by atoms with Crippen LogP contribution in [0.15, 0.2) is 449 Å². The first-order chi connectivity index (χ1) is 57.4. The minimum Gasteiger partial charge on any atom is -0.311 e. The van der Waals surface area contributed by atoms with Crippen LogP contribution in [-0.2, 0) is 0 Å². The minimum atomic E-state index is 1.07. The fourth-order valence-electron chi connectivity index (χ4n) is 17.0. The van der Waals surface area contributed by atoms with E-state index in [0.717, 1.165) is 67.5 Å². The lowest BCUT2D eigenvalue weighted by Crippen LogP contribution is -2.09. The van der Waals surface area contributed by atoms with Gasteiger partial charge < -0.3 is 9.80 Å². The molecule has 0 unspecified atom stereocenters. The lowest BCUT2D eigenvalue weighted by molar-refractivity contribution is 1.28. The highest BCUT2D eigenvalue weighted by molar-refractivity contribution is 7.26. The molecule has 0 atom stereocenters. The van der Waals surface area contributed by atoms with Gasteiger partial charge in [-0.15, -0.1) is 22.7 Å². The van der Waals surface area contributed by atoms with E-state index in [1.165, 1.54) is 140 Å². The molecule has 19 aromatic carbocycles. The minimum absolute atomic E-state index is 1.07. The van der Waals surface area contributed by atoms with Crippen LogP contribution in [0.2, 0.25) is 0 Å². The molecule has 116 heavy (non-hydrogen) atoms. The van der Waals surface area contributed by atoms with E-state index in [9.17, 15) is 0 Å². The molecule has 0 aliphatic rings. The molecular weight excluding hydrogens is 1440 g/mol. The van der Waals surface area contributed by atoms with E-state index in [4.69, 9.17) is 0 Å². The van der Waals surface area contributed by atoms with Gasteiger partial charge in [0.15, 0.2) is 0 Å². The second-order valence-corrected chi connectivity index (χ2v) is 32.0. The van der Waals surface area contributed by atoms with Gasteiger partial charge in [0.2, 0.25) is 0 Å². The standard InChI is InChI=1S/C112H74N2S2/c1-5-18-75(19-6-1)76-36-53-93(54-37-76)113(95-59-42-80(43-60-95)90-51-68-111-107(73-90)103-27-13-15-30-109(103)115-111)94-55-40-79(41-56-94)89-50-66-101(83-22-9-3-10-23-83)106(72-89)86-34-32-77(33-35-86)87-48-67-102-92(70-87)26-17-29-99(102)85-46-63-98(64-47-85)114(97-61-44-81(45-62-97)91-52-69-112-108(74-91)104-28-14-16-31-110(104)116-112)96-57-38-78(39-58-96)88-49-65-100(82-20-7-2-8-21-82)105(71-88)84-24-11-4-12-25-84/h1-74H. The Bertz CT molecular complexity index is 7160. The quantitative estimate of drug-likeness (QED) is 0.0896. The third kappa shape index (κ3) is 13.4. The van der Waals surface area contributed by atoms with E-state index < -0.39 is 0 Å². The van der Waals surface area contributed by atoms with Crippen LogP contribution in [0, 0.1) is 0 Å². The molecule has 21 rings (SSSR count). The lowest BCUT2D eigenvalue weighted by Gasteiger charge is -2.26. The summed E-state index contributed by atoms with van der Waals surface area (Å²) in [5, 5.41) is 7.62. The van der Waals surface area contributed by atoms with Gasteiger partial charge in [0.25, 0.3) is 0 Å². The first kappa shape index (κ1) is 69.4. The molecule has 0 fully saturated rings. The van der Waals surface area contributed by atoms with Crippen molar-refractivity contribution in [2.24, 2.45) is 0 Å². The highest BCUT2D eigenvalue weighted by atomic mass is 32.1. The van der Waals surface area contributed by atoms with E-state index in [0.29, 0.717) is 0 Å². The third-order valence-corrected chi connectivity index (χ3v) is 25.3. The Balaban J connectivity index is 0.571. The molecule has 2 heterocycles. The molecule has 4 heteroatoms. The van der Waals surface area contributed by atoms with Gasteiger partial charge in [-0.3, -0.25) is 0 Å². The number of rotatable bonds is 17. The highest BCUT2D eigenvalue weighted by Crippen LogP contribution is 2.46. The zero-order valence-electron chi connectivity index (χ0n) is 63.4. The van der Waals surface area contributed by atoms with E-state index in [2.05, 4.69) is 459 Å². The molecule has 2 aromatic heterocycles. The maximum atomic E-state index is 2.38. The average molecular weight is 1510 g/mol. The van der Waals surface area contributed by atoms with Gasteiger partial charge in [-0.05, 0) is 261 Å². The van der Waals surface area contributed by atoms with Crippen LogP contribution in [0.4, 0.5) is 34.1 Å². The van der Waals surface area contributed by atoms with Crippen LogP contribution >= 0.6 is 22.7 Å². The van der Waals surface area contributed by atoms with Crippen molar-refractivity contribution in [1.82, 2.24) is 0 Å². The number of nitrogens with zero attached hydrogens (tertiary/aromatic N) is 2. The zero-order chi connectivity index (χ0) is 76.8. The predicted molar refractivity (Wildman–Crippen MR) is 499 cm³/mol. The summed E-state index contributed by atoms with van der Waals surface area (Å²) in [6, 6.07) is 165.